The van der Waals surface area contributed by atoms with E-state index in [1.54, 1.807) is 49.4 Å². The quantitative estimate of drug-likeness (QED) is 0.468. The Morgan fingerprint density at radius 3 is 2.17 bits per heavy atom. The third-order valence-corrected chi connectivity index (χ3v) is 6.58. The second-order valence-electron chi connectivity index (χ2n) is 9.00. The average molecular weight is 518 g/mol. The van der Waals surface area contributed by atoms with Gasteiger partial charge < -0.3 is 10.2 Å². The minimum Gasteiger partial charge on any atom is -0.354 e. The van der Waals surface area contributed by atoms with E-state index in [0.717, 1.165) is 5.56 Å². The molecule has 35 heavy (non-hydrogen) atoms. The lowest BCUT2D eigenvalue weighted by Gasteiger charge is -2.29. The summed E-state index contributed by atoms with van der Waals surface area (Å²) >= 11 is 12.2. The molecule has 1 aliphatic heterocycles. The van der Waals surface area contributed by atoms with Gasteiger partial charge in [-0.15, -0.1) is 0 Å². The van der Waals surface area contributed by atoms with Gasteiger partial charge in [0.05, 0.1) is 21.2 Å². The first kappa shape index (κ1) is 26.7. The van der Waals surface area contributed by atoms with E-state index in [1.807, 2.05) is 13.8 Å². The molecule has 1 N–H and O–H groups in total. The molecule has 186 valence electrons. The fourth-order valence-electron chi connectivity index (χ4n) is 3.84. The molecule has 0 fully saturated rings. The molecular formula is C26H29Cl2N3O4. The van der Waals surface area contributed by atoms with Crippen LogP contribution in [0, 0.1) is 5.92 Å². The molecule has 0 saturated carbocycles. The Labute approximate surface area is 215 Å². The topological polar surface area (TPSA) is 86.8 Å². The fourth-order valence-corrected chi connectivity index (χ4v) is 4.16. The molecule has 1 atom stereocenters. The number of halogens is 2. The van der Waals surface area contributed by atoms with Gasteiger partial charge in [-0.05, 0) is 49.1 Å². The molecule has 2 aromatic rings. The van der Waals surface area contributed by atoms with Crippen LogP contribution in [0.2, 0.25) is 10.0 Å². The van der Waals surface area contributed by atoms with Gasteiger partial charge in [0.1, 0.15) is 6.04 Å². The van der Waals surface area contributed by atoms with Gasteiger partial charge in [-0.1, -0.05) is 55.2 Å². The van der Waals surface area contributed by atoms with E-state index in [0.29, 0.717) is 27.7 Å². The van der Waals surface area contributed by atoms with Crippen LogP contribution in [0.15, 0.2) is 42.5 Å². The van der Waals surface area contributed by atoms with Gasteiger partial charge in [0, 0.05) is 26.1 Å². The molecule has 1 aliphatic rings. The number of benzene rings is 2. The van der Waals surface area contributed by atoms with Crippen molar-refractivity contribution in [1.29, 1.82) is 0 Å². The van der Waals surface area contributed by atoms with Crippen molar-refractivity contribution in [2.24, 2.45) is 5.92 Å². The summed E-state index contributed by atoms with van der Waals surface area (Å²) in [4.78, 5) is 53.8. The summed E-state index contributed by atoms with van der Waals surface area (Å²) in [5.41, 5.74) is 1.48. The standard InChI is InChI=1S/C26H29Cl2N3O4/c1-16(2)14-29-24(33)17(3)31(15-18-10-11-21(27)22(28)13-18)23(32)9-6-12-30-25(34)19-7-4-5-8-20(19)26(30)35/h4-5,7-8,10-11,13,16-17H,6,9,12,14-15H2,1-3H3,(H,29,33)/t17-/m0/s1. The predicted octanol–water partition coefficient (Wildman–Crippen LogP) is 4.56. The highest BCUT2D eigenvalue weighted by atomic mass is 35.5. The SMILES string of the molecule is CC(C)CNC(=O)[C@H](C)N(Cc1ccc(Cl)c(Cl)c1)C(=O)CCCN1C(=O)c2ccccc2C1=O. The number of imide groups is 1. The summed E-state index contributed by atoms with van der Waals surface area (Å²) in [6.45, 7) is 6.43. The van der Waals surface area contributed by atoms with Crippen molar-refractivity contribution in [2.45, 2.75) is 46.2 Å². The summed E-state index contributed by atoms with van der Waals surface area (Å²) in [6, 6.07) is 11.0. The maximum atomic E-state index is 13.2. The van der Waals surface area contributed by atoms with Gasteiger partial charge in [-0.2, -0.15) is 0 Å². The maximum absolute atomic E-state index is 13.2. The van der Waals surface area contributed by atoms with Crippen molar-refractivity contribution in [3.8, 4) is 0 Å². The molecule has 0 aromatic heterocycles. The van der Waals surface area contributed by atoms with Gasteiger partial charge in [0.15, 0.2) is 0 Å². The lowest BCUT2D eigenvalue weighted by molar-refractivity contribution is -0.140. The Bertz CT molecular complexity index is 1100. The van der Waals surface area contributed by atoms with Crippen LogP contribution in [0.5, 0.6) is 0 Å². The van der Waals surface area contributed by atoms with E-state index >= 15 is 0 Å². The number of fused-ring (bicyclic) bond motifs is 1. The van der Waals surface area contributed by atoms with E-state index in [2.05, 4.69) is 5.32 Å². The van der Waals surface area contributed by atoms with Crippen molar-refractivity contribution < 1.29 is 19.2 Å². The largest absolute Gasteiger partial charge is 0.354 e. The van der Waals surface area contributed by atoms with E-state index < -0.39 is 6.04 Å². The number of rotatable bonds is 10. The molecule has 0 aliphatic carbocycles. The van der Waals surface area contributed by atoms with E-state index in [4.69, 9.17) is 23.2 Å². The Hall–Kier alpha value is -2.90. The van der Waals surface area contributed by atoms with Gasteiger partial charge in [-0.3, -0.25) is 24.1 Å². The van der Waals surface area contributed by atoms with Crippen molar-refractivity contribution in [2.75, 3.05) is 13.1 Å². The first-order chi connectivity index (χ1) is 16.6. The number of nitrogens with zero attached hydrogens (tertiary/aromatic N) is 2. The zero-order chi connectivity index (χ0) is 25.7. The zero-order valence-corrected chi connectivity index (χ0v) is 21.5. The van der Waals surface area contributed by atoms with Crippen LogP contribution >= 0.6 is 23.2 Å². The number of carbonyl (C=O) groups is 4. The van der Waals surface area contributed by atoms with Crippen LogP contribution in [0.4, 0.5) is 0 Å². The van der Waals surface area contributed by atoms with E-state index in [9.17, 15) is 19.2 Å². The fraction of sp³-hybridized carbons (Fsp3) is 0.385. The predicted molar refractivity (Wildman–Crippen MR) is 135 cm³/mol. The van der Waals surface area contributed by atoms with Crippen LogP contribution in [0.1, 0.15) is 59.9 Å². The van der Waals surface area contributed by atoms with Crippen LogP contribution in [-0.4, -0.2) is 52.6 Å². The molecule has 0 bridgehead atoms. The smallest absolute Gasteiger partial charge is 0.261 e. The Morgan fingerprint density at radius 1 is 0.971 bits per heavy atom. The number of hydrogen-bond acceptors (Lipinski definition) is 4. The first-order valence-electron chi connectivity index (χ1n) is 11.6. The van der Waals surface area contributed by atoms with Gasteiger partial charge in [0.2, 0.25) is 11.8 Å². The molecule has 1 heterocycles. The molecule has 0 unspecified atom stereocenters. The molecule has 9 heteroatoms. The molecule has 7 nitrogen and oxygen atoms in total. The second kappa shape index (κ2) is 11.7. The minimum atomic E-state index is -0.727. The molecule has 0 spiro atoms. The molecule has 4 amide bonds. The average Bonchev–Trinajstić information content (AvgIpc) is 3.07. The first-order valence-corrected chi connectivity index (χ1v) is 12.3. The molecule has 0 radical (unpaired) electrons. The van der Waals surface area contributed by atoms with Crippen LogP contribution in [-0.2, 0) is 16.1 Å². The number of carbonyl (C=O) groups excluding carboxylic acids is 4. The Kier molecular flexibility index (Phi) is 8.92. The summed E-state index contributed by atoms with van der Waals surface area (Å²) in [5, 5.41) is 3.63. The molecule has 3 rings (SSSR count). The number of amides is 4. The summed E-state index contributed by atoms with van der Waals surface area (Å²) < 4.78 is 0. The lowest BCUT2D eigenvalue weighted by Crippen LogP contribution is -2.48. The highest BCUT2D eigenvalue weighted by Gasteiger charge is 2.35. The summed E-state index contributed by atoms with van der Waals surface area (Å²) in [7, 11) is 0. The highest BCUT2D eigenvalue weighted by Crippen LogP contribution is 2.25. The van der Waals surface area contributed by atoms with Gasteiger partial charge >= 0.3 is 0 Å². The monoisotopic (exact) mass is 517 g/mol. The van der Waals surface area contributed by atoms with E-state index in [1.165, 1.54) is 9.80 Å². The summed E-state index contributed by atoms with van der Waals surface area (Å²) in [6.07, 6.45) is 0.346. The lowest BCUT2D eigenvalue weighted by atomic mass is 10.1. The minimum absolute atomic E-state index is 0.0660. The molecule has 2 aromatic carbocycles. The van der Waals surface area contributed by atoms with Crippen molar-refractivity contribution >= 4 is 46.8 Å². The third-order valence-electron chi connectivity index (χ3n) is 5.84. The van der Waals surface area contributed by atoms with Crippen molar-refractivity contribution in [1.82, 2.24) is 15.1 Å². The normalized spacial score (nSPS) is 13.7. The van der Waals surface area contributed by atoms with Crippen LogP contribution in [0.25, 0.3) is 0 Å². The zero-order valence-electron chi connectivity index (χ0n) is 20.0. The number of hydrogen-bond donors (Lipinski definition) is 1. The van der Waals surface area contributed by atoms with Crippen LogP contribution in [0.3, 0.4) is 0 Å². The molecular weight excluding hydrogens is 489 g/mol. The van der Waals surface area contributed by atoms with Crippen LogP contribution < -0.4 is 5.32 Å². The van der Waals surface area contributed by atoms with Gasteiger partial charge in [0.25, 0.3) is 11.8 Å². The number of nitrogens with one attached hydrogen (secondary N) is 1. The Balaban J connectivity index is 1.68. The van der Waals surface area contributed by atoms with Crippen molar-refractivity contribution in [3.05, 3.63) is 69.2 Å². The molecule has 0 saturated heterocycles. The van der Waals surface area contributed by atoms with Crippen molar-refractivity contribution in [3.63, 3.8) is 0 Å². The van der Waals surface area contributed by atoms with E-state index in [-0.39, 0.29) is 55.5 Å². The van der Waals surface area contributed by atoms with Gasteiger partial charge in [-0.25, -0.2) is 0 Å². The highest BCUT2D eigenvalue weighted by molar-refractivity contribution is 6.42. The summed E-state index contributed by atoms with van der Waals surface area (Å²) in [5.74, 6) is -0.961. The Morgan fingerprint density at radius 2 is 1.60 bits per heavy atom. The second-order valence-corrected chi connectivity index (χ2v) is 9.81. The maximum Gasteiger partial charge on any atom is 0.261 e. The third kappa shape index (κ3) is 6.41.